The van der Waals surface area contributed by atoms with Crippen molar-refractivity contribution in [3.05, 3.63) is 35.9 Å². The Labute approximate surface area is 237 Å². The second-order valence-corrected chi connectivity index (χ2v) is 13.7. The molecule has 1 atom stereocenters. The van der Waals surface area contributed by atoms with Gasteiger partial charge in [-0.05, 0) is 105 Å². The molecular weight excluding hydrogens is 489 g/mol. The molecule has 0 unspecified atom stereocenters. The molecule has 3 N–H and O–H groups in total. The molecule has 2 aliphatic rings. The van der Waals surface area contributed by atoms with Gasteiger partial charge in [-0.15, -0.1) is 0 Å². The van der Waals surface area contributed by atoms with Crippen LogP contribution in [-0.4, -0.2) is 53.8 Å². The summed E-state index contributed by atoms with van der Waals surface area (Å²) in [6.07, 6.45) is 6.89. The van der Waals surface area contributed by atoms with Crippen LogP contribution >= 0.6 is 0 Å². The van der Waals surface area contributed by atoms with Gasteiger partial charge >= 0.3 is 7.12 Å². The molecule has 1 saturated carbocycles. The summed E-state index contributed by atoms with van der Waals surface area (Å²) in [5.74, 6) is -0.148. The lowest BCUT2D eigenvalue weighted by Gasteiger charge is -2.49. The van der Waals surface area contributed by atoms with Crippen molar-refractivity contribution in [2.24, 2.45) is 5.92 Å². The molecule has 3 rings (SSSR count). The van der Waals surface area contributed by atoms with Gasteiger partial charge in [0.05, 0.1) is 11.2 Å². The van der Waals surface area contributed by atoms with E-state index in [4.69, 9.17) is 9.31 Å². The molecule has 1 heterocycles. The highest BCUT2D eigenvalue weighted by Gasteiger charge is 2.53. The van der Waals surface area contributed by atoms with Crippen molar-refractivity contribution in [3.8, 4) is 0 Å². The Morgan fingerprint density at radius 3 is 2.13 bits per heavy atom. The van der Waals surface area contributed by atoms with Crippen molar-refractivity contribution in [1.82, 2.24) is 16.0 Å². The topological polar surface area (TPSA) is 88.7 Å². The number of carbonyl (C=O) groups is 2. The average molecular weight is 542 g/mol. The number of unbranched alkanes of at least 4 members (excludes halogenated alkanes) is 1. The molecule has 0 bridgehead atoms. The molecule has 1 aliphatic carbocycles. The third-order valence-electron chi connectivity index (χ3n) is 8.61. The molecule has 1 aliphatic heterocycles. The van der Waals surface area contributed by atoms with Crippen LogP contribution in [-0.2, 0) is 25.3 Å². The molecule has 2 fully saturated rings. The minimum absolute atomic E-state index is 0.0756. The smallest absolute Gasteiger partial charge is 0.403 e. The zero-order valence-electron chi connectivity index (χ0n) is 25.6. The monoisotopic (exact) mass is 541 g/mol. The minimum atomic E-state index is -0.919. The molecule has 2 amide bonds. The predicted molar refractivity (Wildman–Crippen MR) is 158 cm³/mol. The number of hydrogen-bond donors (Lipinski definition) is 3. The number of rotatable bonds is 13. The highest BCUT2D eigenvalue weighted by molar-refractivity contribution is 6.45. The van der Waals surface area contributed by atoms with Gasteiger partial charge in [-0.25, -0.2) is 0 Å². The Bertz CT molecular complexity index is 940. The second kappa shape index (κ2) is 12.7. The zero-order valence-corrected chi connectivity index (χ0v) is 25.6. The van der Waals surface area contributed by atoms with Crippen LogP contribution in [0.2, 0.25) is 6.32 Å². The van der Waals surface area contributed by atoms with Gasteiger partial charge in [0, 0.05) is 18.5 Å². The standard InChI is InChI=1S/C31H52BN3O4/c1-23(36)34-31(27(37)35-28(2,3)4,18-12-13-19-32-38-29(5,6)30(7,8)39-32)25-21-26(22-25)33-20-14-17-24-15-10-9-11-16-24/h9-11,15-16,25-26,33H,12-14,17-22H2,1-8H3,(H,34,36)(H,35,37)/t25?,26?,31-/m1/s1. The molecule has 39 heavy (non-hydrogen) atoms. The fourth-order valence-corrected chi connectivity index (χ4v) is 5.72. The van der Waals surface area contributed by atoms with Gasteiger partial charge in [0.15, 0.2) is 0 Å². The normalized spacial score (nSPS) is 23.5. The summed E-state index contributed by atoms with van der Waals surface area (Å²) in [4.78, 5) is 26.2. The van der Waals surface area contributed by atoms with Crippen LogP contribution < -0.4 is 16.0 Å². The average Bonchev–Trinajstić information content (AvgIpc) is 2.99. The number of carbonyl (C=O) groups excluding carboxylic acids is 2. The van der Waals surface area contributed by atoms with Gasteiger partial charge in [0.25, 0.3) is 0 Å². The van der Waals surface area contributed by atoms with Gasteiger partial charge in [0.1, 0.15) is 5.54 Å². The molecule has 0 spiro atoms. The molecule has 0 radical (unpaired) electrons. The SMILES string of the molecule is CC(=O)N[C@@](CCCCB1OC(C)(C)C(C)(C)O1)(C(=O)NC(C)(C)C)C1CC(NCCCc2ccccc2)C1. The summed E-state index contributed by atoms with van der Waals surface area (Å²) in [6, 6.07) is 10.9. The maximum Gasteiger partial charge on any atom is 0.457 e. The van der Waals surface area contributed by atoms with Crippen molar-refractivity contribution < 1.29 is 18.9 Å². The predicted octanol–water partition coefficient (Wildman–Crippen LogP) is 5.04. The van der Waals surface area contributed by atoms with Gasteiger partial charge in [-0.2, -0.15) is 0 Å². The van der Waals surface area contributed by atoms with Gasteiger partial charge in [-0.3, -0.25) is 9.59 Å². The van der Waals surface area contributed by atoms with Crippen LogP contribution in [0.1, 0.15) is 99.5 Å². The molecular formula is C31H52BN3O4. The molecule has 1 saturated heterocycles. The van der Waals surface area contributed by atoms with Gasteiger partial charge in [-0.1, -0.05) is 43.2 Å². The van der Waals surface area contributed by atoms with E-state index in [0.29, 0.717) is 12.5 Å². The Morgan fingerprint density at radius 1 is 0.949 bits per heavy atom. The second-order valence-electron chi connectivity index (χ2n) is 13.7. The molecule has 218 valence electrons. The maximum absolute atomic E-state index is 13.8. The first-order valence-corrected chi connectivity index (χ1v) is 14.9. The van der Waals surface area contributed by atoms with Crippen LogP contribution in [0.5, 0.6) is 0 Å². The maximum atomic E-state index is 13.8. The van der Waals surface area contributed by atoms with Crippen molar-refractivity contribution >= 4 is 18.9 Å². The first kappa shape index (κ1) is 31.6. The van der Waals surface area contributed by atoms with Gasteiger partial charge < -0.3 is 25.3 Å². The highest BCUT2D eigenvalue weighted by atomic mass is 16.7. The summed E-state index contributed by atoms with van der Waals surface area (Å²) >= 11 is 0. The molecule has 0 aromatic heterocycles. The molecule has 7 nitrogen and oxygen atoms in total. The Hall–Kier alpha value is -1.90. The summed E-state index contributed by atoms with van der Waals surface area (Å²) in [5.41, 5.74) is -0.646. The first-order chi connectivity index (χ1) is 18.1. The van der Waals surface area contributed by atoms with Crippen LogP contribution in [0.25, 0.3) is 0 Å². The van der Waals surface area contributed by atoms with E-state index < -0.39 is 5.54 Å². The molecule has 8 heteroatoms. The van der Waals surface area contributed by atoms with E-state index in [-0.39, 0.29) is 41.6 Å². The third kappa shape index (κ3) is 8.54. The van der Waals surface area contributed by atoms with E-state index in [1.165, 1.54) is 12.5 Å². The van der Waals surface area contributed by atoms with Crippen molar-refractivity contribution in [3.63, 3.8) is 0 Å². The van der Waals surface area contributed by atoms with E-state index in [9.17, 15) is 9.59 Å². The fraction of sp³-hybridized carbons (Fsp3) is 0.742. The minimum Gasteiger partial charge on any atom is -0.403 e. The Balaban J connectivity index is 1.59. The van der Waals surface area contributed by atoms with Crippen LogP contribution in [0.15, 0.2) is 30.3 Å². The lowest BCUT2D eigenvalue weighted by molar-refractivity contribution is -0.139. The van der Waals surface area contributed by atoms with E-state index in [0.717, 1.165) is 51.4 Å². The lowest BCUT2D eigenvalue weighted by atomic mass is 9.64. The summed E-state index contributed by atoms with van der Waals surface area (Å²) in [5, 5.41) is 9.99. The third-order valence-corrected chi connectivity index (χ3v) is 8.61. The number of nitrogens with one attached hydrogen (secondary N) is 3. The van der Waals surface area contributed by atoms with Crippen molar-refractivity contribution in [2.45, 2.75) is 135 Å². The van der Waals surface area contributed by atoms with Crippen LogP contribution in [0.4, 0.5) is 0 Å². The molecule has 1 aromatic rings. The largest absolute Gasteiger partial charge is 0.457 e. The fourth-order valence-electron chi connectivity index (χ4n) is 5.72. The first-order valence-electron chi connectivity index (χ1n) is 14.9. The Morgan fingerprint density at radius 2 is 1.56 bits per heavy atom. The van der Waals surface area contributed by atoms with E-state index in [1.54, 1.807) is 0 Å². The van der Waals surface area contributed by atoms with E-state index >= 15 is 0 Å². The summed E-state index contributed by atoms with van der Waals surface area (Å²) in [7, 11) is -0.248. The van der Waals surface area contributed by atoms with E-state index in [2.05, 4.69) is 67.9 Å². The molecule has 1 aromatic carbocycles. The Kier molecular flexibility index (Phi) is 10.3. The van der Waals surface area contributed by atoms with Crippen molar-refractivity contribution in [2.75, 3.05) is 6.54 Å². The van der Waals surface area contributed by atoms with Crippen LogP contribution in [0.3, 0.4) is 0 Å². The lowest BCUT2D eigenvalue weighted by Crippen LogP contribution is -2.68. The highest BCUT2D eigenvalue weighted by Crippen LogP contribution is 2.41. The van der Waals surface area contributed by atoms with Gasteiger partial charge in [0.2, 0.25) is 11.8 Å². The number of benzene rings is 1. The summed E-state index contributed by atoms with van der Waals surface area (Å²) < 4.78 is 12.3. The summed E-state index contributed by atoms with van der Waals surface area (Å²) in [6.45, 7) is 16.7. The van der Waals surface area contributed by atoms with Crippen LogP contribution in [0, 0.1) is 5.92 Å². The zero-order chi connectivity index (χ0) is 28.9. The quantitative estimate of drug-likeness (QED) is 0.241. The van der Waals surface area contributed by atoms with E-state index in [1.807, 2.05) is 26.8 Å². The number of hydrogen-bond acceptors (Lipinski definition) is 5. The van der Waals surface area contributed by atoms with Crippen molar-refractivity contribution in [1.29, 1.82) is 0 Å². The number of amides is 2. The number of aryl methyl sites for hydroxylation is 1.